The molecule has 0 spiro atoms. The van der Waals surface area contributed by atoms with Crippen molar-refractivity contribution in [2.75, 3.05) is 19.0 Å². The number of rotatable bonds is 4. The number of ether oxygens (including phenoxy) is 2. The first kappa shape index (κ1) is 20.9. The average molecular weight is 409 g/mol. The van der Waals surface area contributed by atoms with Crippen LogP contribution in [0.4, 0.5) is 24.5 Å². The lowest BCUT2D eigenvalue weighted by molar-refractivity contribution is -0.216. The van der Waals surface area contributed by atoms with Crippen LogP contribution in [0, 0.1) is 5.82 Å². The van der Waals surface area contributed by atoms with Crippen molar-refractivity contribution in [3.63, 3.8) is 0 Å². The van der Waals surface area contributed by atoms with Crippen molar-refractivity contribution in [2.45, 2.75) is 37.8 Å². The van der Waals surface area contributed by atoms with Crippen molar-refractivity contribution >= 4 is 17.3 Å². The van der Waals surface area contributed by atoms with Crippen LogP contribution in [0.1, 0.15) is 26.3 Å². The van der Waals surface area contributed by atoms with Gasteiger partial charge < -0.3 is 20.1 Å². The molecule has 0 radical (unpaired) electrons. The van der Waals surface area contributed by atoms with E-state index in [1.54, 1.807) is 12.1 Å². The van der Waals surface area contributed by atoms with E-state index in [0.717, 1.165) is 13.0 Å². The Morgan fingerprint density at radius 3 is 2.48 bits per heavy atom. The summed E-state index contributed by atoms with van der Waals surface area (Å²) in [5, 5.41) is 5.23. The predicted octanol–water partition coefficient (Wildman–Crippen LogP) is 3.75. The maximum Gasteiger partial charge on any atom is 0.302 e. The highest BCUT2D eigenvalue weighted by molar-refractivity contribution is 5.79. The number of carbonyl (C=O) groups is 1. The number of nitrogens with one attached hydrogen (secondary N) is 2. The normalized spacial score (nSPS) is 23.1. The molecule has 1 amide bonds. The Morgan fingerprint density at radius 2 is 1.86 bits per heavy atom. The lowest BCUT2D eigenvalue weighted by Gasteiger charge is -2.43. The third-order valence-corrected chi connectivity index (χ3v) is 5.08. The predicted molar refractivity (Wildman–Crippen MR) is 101 cm³/mol. The number of methoxy groups -OCH3 is 1. The van der Waals surface area contributed by atoms with E-state index in [1.807, 2.05) is 0 Å². The number of carbonyl (C=O) groups excluding carboxylic acids is 1. The highest BCUT2D eigenvalue weighted by atomic mass is 19.3. The monoisotopic (exact) mass is 409 g/mol. The molecule has 2 N–H and O–H groups in total. The number of anilines is 2. The minimum atomic E-state index is -3.62. The van der Waals surface area contributed by atoms with Crippen LogP contribution in [0.5, 0.6) is 5.88 Å². The molecule has 1 fully saturated rings. The summed E-state index contributed by atoms with van der Waals surface area (Å²) in [6.45, 7) is 2.90. The maximum absolute atomic E-state index is 15.4. The molecule has 2 heterocycles. The number of alkyl halides is 2. The van der Waals surface area contributed by atoms with Gasteiger partial charge in [-0.25, -0.2) is 18.2 Å². The first-order chi connectivity index (χ1) is 13.5. The molecule has 0 aliphatic carbocycles. The van der Waals surface area contributed by atoms with E-state index in [9.17, 15) is 9.18 Å². The number of halogens is 3. The lowest BCUT2D eigenvalue weighted by Crippen LogP contribution is -2.62. The summed E-state index contributed by atoms with van der Waals surface area (Å²) in [7, 11) is 1.48. The molecule has 1 aliphatic rings. The quantitative estimate of drug-likeness (QED) is 0.805. The summed E-state index contributed by atoms with van der Waals surface area (Å²) in [5.41, 5.74) is -3.79. The van der Waals surface area contributed by atoms with Gasteiger partial charge in [-0.05, 0) is 45.0 Å². The van der Waals surface area contributed by atoms with Crippen LogP contribution in [0.15, 0.2) is 36.5 Å². The van der Waals surface area contributed by atoms with Crippen molar-refractivity contribution in [1.29, 1.82) is 0 Å². The van der Waals surface area contributed by atoms with Gasteiger partial charge in [0, 0.05) is 17.3 Å². The summed E-state index contributed by atoms with van der Waals surface area (Å²) >= 11 is 0. The second-order valence-electron chi connectivity index (χ2n) is 7.46. The van der Waals surface area contributed by atoms with E-state index in [4.69, 9.17) is 9.47 Å². The molecule has 0 unspecified atom stereocenters. The van der Waals surface area contributed by atoms with Gasteiger partial charge in [-0.1, -0.05) is 0 Å². The van der Waals surface area contributed by atoms with Crippen LogP contribution >= 0.6 is 0 Å². The Hall–Kier alpha value is -2.81. The number of pyridine rings is 1. The highest BCUT2D eigenvalue weighted by Gasteiger charge is 2.64. The Bertz CT molecular complexity index is 919. The molecular formula is C20H22F3N3O3. The SMILES string of the molecule is COc1ccc(Nc2ccc(F)c([C@@]3(C)NC(=O)COC(C)(C)C3(F)F)c2)cn1. The molecule has 3 rings (SSSR count). The van der Waals surface area contributed by atoms with Gasteiger partial charge in [-0.3, -0.25) is 4.79 Å². The Morgan fingerprint density at radius 1 is 1.17 bits per heavy atom. The topological polar surface area (TPSA) is 72.5 Å². The van der Waals surface area contributed by atoms with Gasteiger partial charge in [0.25, 0.3) is 0 Å². The second-order valence-corrected chi connectivity index (χ2v) is 7.46. The third-order valence-electron chi connectivity index (χ3n) is 5.08. The average Bonchev–Trinajstić information content (AvgIpc) is 2.73. The van der Waals surface area contributed by atoms with Crippen LogP contribution in [0.25, 0.3) is 0 Å². The standard InChI is InChI=1S/C20H22F3N3O3/c1-18(2)20(22,23)19(3,26-16(27)11-29-18)14-9-12(5-7-15(14)21)25-13-6-8-17(28-4)24-10-13/h5-10,25H,11H2,1-4H3,(H,26,27)/t19-/m1/s1. The number of nitrogens with zero attached hydrogens (tertiary/aromatic N) is 1. The summed E-state index contributed by atoms with van der Waals surface area (Å²) in [5.74, 6) is -4.84. The van der Waals surface area contributed by atoms with Gasteiger partial charge in [-0.15, -0.1) is 0 Å². The van der Waals surface area contributed by atoms with Gasteiger partial charge in [0.1, 0.15) is 23.6 Å². The molecule has 0 bridgehead atoms. The van der Waals surface area contributed by atoms with Gasteiger partial charge in [0.15, 0.2) is 0 Å². The fourth-order valence-corrected chi connectivity index (χ4v) is 3.30. The summed E-state index contributed by atoms with van der Waals surface area (Å²) in [6.07, 6.45) is 1.49. The maximum atomic E-state index is 15.4. The molecule has 1 aromatic carbocycles. The molecular weight excluding hydrogens is 387 g/mol. The summed E-state index contributed by atoms with van der Waals surface area (Å²) in [6, 6.07) is 7.02. The Balaban J connectivity index is 2.04. The number of hydrogen-bond acceptors (Lipinski definition) is 5. The smallest absolute Gasteiger partial charge is 0.302 e. The van der Waals surface area contributed by atoms with Crippen LogP contribution in [0.3, 0.4) is 0 Å². The van der Waals surface area contributed by atoms with E-state index in [1.165, 1.54) is 39.3 Å². The van der Waals surface area contributed by atoms with E-state index in [2.05, 4.69) is 15.6 Å². The van der Waals surface area contributed by atoms with Crippen LogP contribution < -0.4 is 15.4 Å². The number of amides is 1. The zero-order valence-electron chi connectivity index (χ0n) is 16.5. The van der Waals surface area contributed by atoms with Gasteiger partial charge in [0.05, 0.1) is 19.0 Å². The molecule has 29 heavy (non-hydrogen) atoms. The Labute approximate surface area is 166 Å². The molecule has 1 atom stereocenters. The molecule has 2 aromatic rings. The molecule has 0 saturated carbocycles. The highest BCUT2D eigenvalue weighted by Crippen LogP contribution is 2.48. The third kappa shape index (κ3) is 3.62. The van der Waals surface area contributed by atoms with Crippen molar-refractivity contribution < 1.29 is 27.4 Å². The van der Waals surface area contributed by atoms with Crippen molar-refractivity contribution in [3.05, 3.63) is 47.9 Å². The van der Waals surface area contributed by atoms with Crippen LogP contribution in [0.2, 0.25) is 0 Å². The summed E-state index contributed by atoms with van der Waals surface area (Å²) < 4.78 is 55.6. The van der Waals surface area contributed by atoms with Crippen molar-refractivity contribution in [2.24, 2.45) is 0 Å². The Kier molecular flexibility index (Phi) is 5.20. The van der Waals surface area contributed by atoms with Gasteiger partial charge in [0.2, 0.25) is 11.8 Å². The number of benzene rings is 1. The van der Waals surface area contributed by atoms with Gasteiger partial charge in [-0.2, -0.15) is 0 Å². The van der Waals surface area contributed by atoms with Crippen LogP contribution in [-0.2, 0) is 15.1 Å². The fourth-order valence-electron chi connectivity index (χ4n) is 3.30. The fraction of sp³-hybridized carbons (Fsp3) is 0.400. The minimum Gasteiger partial charge on any atom is -0.481 e. The van der Waals surface area contributed by atoms with E-state index in [-0.39, 0.29) is 5.56 Å². The molecule has 156 valence electrons. The zero-order chi connectivity index (χ0) is 21.4. The number of aromatic nitrogens is 1. The minimum absolute atomic E-state index is 0.350. The van der Waals surface area contributed by atoms with E-state index >= 15 is 8.78 Å². The van der Waals surface area contributed by atoms with Crippen LogP contribution in [-0.4, -0.2) is 36.1 Å². The summed E-state index contributed by atoms with van der Waals surface area (Å²) in [4.78, 5) is 16.1. The lowest BCUT2D eigenvalue weighted by atomic mass is 9.77. The first-order valence-electron chi connectivity index (χ1n) is 8.90. The largest absolute Gasteiger partial charge is 0.481 e. The van der Waals surface area contributed by atoms with Crippen molar-refractivity contribution in [3.8, 4) is 5.88 Å². The molecule has 6 nitrogen and oxygen atoms in total. The molecule has 1 saturated heterocycles. The number of hydrogen-bond donors (Lipinski definition) is 2. The molecule has 1 aliphatic heterocycles. The van der Waals surface area contributed by atoms with E-state index < -0.39 is 35.4 Å². The van der Waals surface area contributed by atoms with Gasteiger partial charge >= 0.3 is 5.92 Å². The van der Waals surface area contributed by atoms with E-state index in [0.29, 0.717) is 17.3 Å². The second kappa shape index (κ2) is 7.22. The first-order valence-corrected chi connectivity index (χ1v) is 8.90. The molecule has 1 aromatic heterocycles. The molecule has 9 heteroatoms. The van der Waals surface area contributed by atoms with Crippen molar-refractivity contribution in [1.82, 2.24) is 10.3 Å². The zero-order valence-corrected chi connectivity index (χ0v) is 16.5.